The number of hydrogen-bond acceptors (Lipinski definition) is 4. The monoisotopic (exact) mass is 280 g/mol. The minimum atomic E-state index is -0.354. The summed E-state index contributed by atoms with van der Waals surface area (Å²) < 4.78 is 5.48. The quantitative estimate of drug-likeness (QED) is 0.869. The number of carbonyl (C=O) groups is 1. The van der Waals surface area contributed by atoms with Crippen molar-refractivity contribution >= 4 is 22.2 Å². The highest BCUT2D eigenvalue weighted by molar-refractivity contribution is 7.16. The lowest BCUT2D eigenvalue weighted by atomic mass is 9.96. The highest BCUT2D eigenvalue weighted by Crippen LogP contribution is 2.37. The molecule has 1 aromatic heterocycles. The Labute approximate surface area is 117 Å². The van der Waals surface area contributed by atoms with Crippen molar-refractivity contribution in [3.8, 4) is 0 Å². The molecule has 2 N–H and O–H groups in total. The van der Waals surface area contributed by atoms with E-state index in [-0.39, 0.29) is 12.0 Å². The minimum Gasteiger partial charge on any atom is -0.366 e. The van der Waals surface area contributed by atoms with E-state index in [0.717, 1.165) is 24.4 Å². The van der Waals surface area contributed by atoms with Gasteiger partial charge in [0.25, 0.3) is 5.91 Å². The Morgan fingerprint density at radius 3 is 3.00 bits per heavy atom. The maximum Gasteiger partial charge on any atom is 0.255 e. The number of rotatable bonds is 2. The van der Waals surface area contributed by atoms with Gasteiger partial charge in [0.2, 0.25) is 0 Å². The van der Waals surface area contributed by atoms with E-state index in [1.54, 1.807) is 11.3 Å². The van der Waals surface area contributed by atoms with Crippen molar-refractivity contribution in [3.63, 3.8) is 0 Å². The number of anilines is 1. The Balaban J connectivity index is 1.72. The molecule has 4 nitrogen and oxygen atoms in total. The highest BCUT2D eigenvalue weighted by Gasteiger charge is 2.24. The van der Waals surface area contributed by atoms with Crippen molar-refractivity contribution in [1.29, 1.82) is 0 Å². The van der Waals surface area contributed by atoms with E-state index in [9.17, 15) is 4.79 Å². The Morgan fingerprint density at radius 1 is 1.42 bits per heavy atom. The first-order valence-electron chi connectivity index (χ1n) is 7.00. The minimum absolute atomic E-state index is 0.0195. The van der Waals surface area contributed by atoms with Gasteiger partial charge in [-0.25, -0.2) is 0 Å². The van der Waals surface area contributed by atoms with Gasteiger partial charge >= 0.3 is 0 Å². The Hall–Kier alpha value is -0.910. The number of nitrogens with one attached hydrogen (secondary N) is 2. The molecule has 2 aliphatic rings. The smallest absolute Gasteiger partial charge is 0.255 e. The molecule has 1 unspecified atom stereocenters. The molecule has 5 heteroatoms. The summed E-state index contributed by atoms with van der Waals surface area (Å²) in [5.74, 6) is -0.0195. The summed E-state index contributed by atoms with van der Waals surface area (Å²) in [6, 6.07) is 0. The lowest BCUT2D eigenvalue weighted by Crippen LogP contribution is -2.45. The normalized spacial score (nSPS) is 22.9. The standard InChI is InChI=1S/C14H20N2O2S/c1-9-10-4-2-3-5-12(10)19-14(9)16-13(17)11-8-15-6-7-18-11/h11,15H,2-8H2,1H3,(H,16,17). The summed E-state index contributed by atoms with van der Waals surface area (Å²) in [7, 11) is 0. The predicted molar refractivity (Wildman–Crippen MR) is 76.9 cm³/mol. The molecule has 0 spiro atoms. The number of morpholine rings is 1. The molecule has 0 aromatic carbocycles. The van der Waals surface area contributed by atoms with Crippen molar-refractivity contribution in [2.45, 2.75) is 38.7 Å². The van der Waals surface area contributed by atoms with Crippen LogP contribution in [0.15, 0.2) is 0 Å². The third-order valence-electron chi connectivity index (χ3n) is 3.89. The Bertz CT molecular complexity index is 478. The van der Waals surface area contributed by atoms with Crippen molar-refractivity contribution in [2.75, 3.05) is 25.0 Å². The van der Waals surface area contributed by atoms with E-state index in [1.807, 2.05) is 0 Å². The van der Waals surface area contributed by atoms with Gasteiger partial charge in [0.1, 0.15) is 6.10 Å². The van der Waals surface area contributed by atoms with Gasteiger partial charge in [0.05, 0.1) is 11.6 Å². The summed E-state index contributed by atoms with van der Waals surface area (Å²) in [5.41, 5.74) is 2.73. The van der Waals surface area contributed by atoms with Crippen LogP contribution in [0.4, 0.5) is 5.00 Å². The second-order valence-corrected chi connectivity index (χ2v) is 6.32. The number of carbonyl (C=O) groups excluding carboxylic acids is 1. The molecule has 19 heavy (non-hydrogen) atoms. The van der Waals surface area contributed by atoms with Gasteiger partial charge in [-0.15, -0.1) is 11.3 Å². The first kappa shape index (κ1) is 13.1. The topological polar surface area (TPSA) is 50.4 Å². The third-order valence-corrected chi connectivity index (χ3v) is 5.20. The molecular formula is C14H20N2O2S. The molecule has 1 saturated heterocycles. The zero-order chi connectivity index (χ0) is 13.2. The second-order valence-electron chi connectivity index (χ2n) is 5.22. The zero-order valence-electron chi connectivity index (χ0n) is 11.3. The fourth-order valence-corrected chi connectivity index (χ4v) is 4.07. The van der Waals surface area contributed by atoms with Gasteiger partial charge in [-0.2, -0.15) is 0 Å². The van der Waals surface area contributed by atoms with Crippen LogP contribution in [0, 0.1) is 6.92 Å². The van der Waals surface area contributed by atoms with E-state index in [1.165, 1.54) is 28.8 Å². The molecule has 0 saturated carbocycles. The van der Waals surface area contributed by atoms with E-state index in [4.69, 9.17) is 4.74 Å². The SMILES string of the molecule is Cc1c(NC(=O)C2CNCCO2)sc2c1CCCC2. The molecule has 0 bridgehead atoms. The summed E-state index contributed by atoms with van der Waals surface area (Å²) >= 11 is 1.75. The van der Waals surface area contributed by atoms with Crippen molar-refractivity contribution < 1.29 is 9.53 Å². The lowest BCUT2D eigenvalue weighted by Gasteiger charge is -2.22. The molecule has 1 aliphatic heterocycles. The molecule has 0 radical (unpaired) electrons. The molecule has 1 fully saturated rings. The number of ether oxygens (including phenoxy) is 1. The van der Waals surface area contributed by atoms with Gasteiger partial charge < -0.3 is 15.4 Å². The number of fused-ring (bicyclic) bond motifs is 1. The van der Waals surface area contributed by atoms with Gasteiger partial charge in [0.15, 0.2) is 0 Å². The van der Waals surface area contributed by atoms with Crippen LogP contribution in [-0.2, 0) is 22.4 Å². The largest absolute Gasteiger partial charge is 0.366 e. The summed E-state index contributed by atoms with van der Waals surface area (Å²) in [6.07, 6.45) is 4.52. The molecule has 3 rings (SSSR count). The van der Waals surface area contributed by atoms with Crippen LogP contribution >= 0.6 is 11.3 Å². The van der Waals surface area contributed by atoms with Crippen LogP contribution < -0.4 is 10.6 Å². The van der Waals surface area contributed by atoms with Gasteiger partial charge in [-0.05, 0) is 43.7 Å². The number of amides is 1. The van der Waals surface area contributed by atoms with Crippen LogP contribution in [0.2, 0.25) is 0 Å². The number of thiophene rings is 1. The lowest BCUT2D eigenvalue weighted by molar-refractivity contribution is -0.128. The van der Waals surface area contributed by atoms with Crippen molar-refractivity contribution in [3.05, 3.63) is 16.0 Å². The van der Waals surface area contributed by atoms with Crippen LogP contribution in [0.1, 0.15) is 28.8 Å². The second kappa shape index (κ2) is 5.61. The van der Waals surface area contributed by atoms with E-state index < -0.39 is 0 Å². The zero-order valence-corrected chi connectivity index (χ0v) is 12.1. The Morgan fingerprint density at radius 2 is 2.26 bits per heavy atom. The molecule has 2 heterocycles. The maximum absolute atomic E-state index is 12.2. The molecule has 1 aliphatic carbocycles. The molecule has 1 amide bonds. The maximum atomic E-state index is 12.2. The van der Waals surface area contributed by atoms with Crippen LogP contribution in [0.5, 0.6) is 0 Å². The first-order valence-corrected chi connectivity index (χ1v) is 7.81. The van der Waals surface area contributed by atoms with E-state index >= 15 is 0 Å². The first-order chi connectivity index (χ1) is 9.25. The average Bonchev–Trinajstić information content (AvgIpc) is 2.77. The molecular weight excluding hydrogens is 260 g/mol. The predicted octanol–water partition coefficient (Wildman–Crippen LogP) is 1.86. The van der Waals surface area contributed by atoms with Crippen molar-refractivity contribution in [1.82, 2.24) is 5.32 Å². The highest BCUT2D eigenvalue weighted by atomic mass is 32.1. The third kappa shape index (κ3) is 2.68. The average molecular weight is 280 g/mol. The summed E-state index contributed by atoms with van der Waals surface area (Å²) in [5, 5.41) is 7.25. The number of aryl methyl sites for hydroxylation is 1. The van der Waals surface area contributed by atoms with E-state index in [0.29, 0.717) is 13.2 Å². The molecule has 1 atom stereocenters. The van der Waals surface area contributed by atoms with Gasteiger partial charge in [0, 0.05) is 18.0 Å². The van der Waals surface area contributed by atoms with Gasteiger partial charge in [-0.1, -0.05) is 0 Å². The summed E-state index contributed by atoms with van der Waals surface area (Å²) in [6.45, 7) is 4.17. The van der Waals surface area contributed by atoms with Gasteiger partial charge in [-0.3, -0.25) is 4.79 Å². The van der Waals surface area contributed by atoms with Crippen molar-refractivity contribution in [2.24, 2.45) is 0 Å². The van der Waals surface area contributed by atoms with Crippen LogP contribution in [-0.4, -0.2) is 31.7 Å². The fraction of sp³-hybridized carbons (Fsp3) is 0.643. The van der Waals surface area contributed by atoms with Crippen LogP contribution in [0.25, 0.3) is 0 Å². The molecule has 104 valence electrons. The fourth-order valence-electron chi connectivity index (χ4n) is 2.77. The number of hydrogen-bond donors (Lipinski definition) is 2. The molecule has 1 aromatic rings. The Kier molecular flexibility index (Phi) is 3.86. The van der Waals surface area contributed by atoms with E-state index in [2.05, 4.69) is 17.6 Å². The van der Waals surface area contributed by atoms with Crippen LogP contribution in [0.3, 0.4) is 0 Å². The summed E-state index contributed by atoms with van der Waals surface area (Å²) in [4.78, 5) is 13.6.